The number of urea groups is 1. The van der Waals surface area contributed by atoms with Gasteiger partial charge >= 0.3 is 6.03 Å². The zero-order valence-corrected chi connectivity index (χ0v) is 19.2. The van der Waals surface area contributed by atoms with E-state index >= 15 is 0 Å². The van der Waals surface area contributed by atoms with Gasteiger partial charge in [0, 0.05) is 18.3 Å². The van der Waals surface area contributed by atoms with Gasteiger partial charge in [-0.2, -0.15) is 0 Å². The van der Waals surface area contributed by atoms with Crippen LogP contribution in [-0.2, 0) is 16.0 Å². The molecule has 0 unspecified atom stereocenters. The maximum absolute atomic E-state index is 13.2. The standard InChI is InChI=1S/C26H29N3O3/c1-6-17-7-10-19(11-8-17)29-24(31)21(23(30)27-25(29)32)14-18-9-12-22-20(13-18)16(2)15-26(3,4)28(22)5/h7-14,16H,6,15H2,1-5H3,(H,27,30,32)/b21-14+/t16-/m0/s1. The molecule has 6 heteroatoms. The number of hydrogen-bond acceptors (Lipinski definition) is 4. The van der Waals surface area contributed by atoms with Crippen LogP contribution in [0.3, 0.4) is 0 Å². The number of carbonyl (C=O) groups excluding carboxylic acids is 3. The fourth-order valence-corrected chi connectivity index (χ4v) is 4.62. The zero-order chi connectivity index (χ0) is 23.2. The van der Waals surface area contributed by atoms with Crippen molar-refractivity contribution in [2.45, 2.75) is 52.0 Å². The van der Waals surface area contributed by atoms with E-state index in [1.54, 1.807) is 18.2 Å². The second kappa shape index (κ2) is 7.93. The summed E-state index contributed by atoms with van der Waals surface area (Å²) in [4.78, 5) is 41.4. The van der Waals surface area contributed by atoms with Crippen LogP contribution in [0.25, 0.3) is 6.08 Å². The van der Waals surface area contributed by atoms with E-state index < -0.39 is 17.8 Å². The minimum atomic E-state index is -0.732. The molecule has 4 amide bonds. The maximum Gasteiger partial charge on any atom is 0.335 e. The molecule has 0 aromatic heterocycles. The number of nitrogens with one attached hydrogen (secondary N) is 1. The van der Waals surface area contributed by atoms with Crippen LogP contribution in [0.5, 0.6) is 0 Å². The topological polar surface area (TPSA) is 69.7 Å². The highest BCUT2D eigenvalue weighted by Gasteiger charge is 2.37. The SMILES string of the molecule is CCc1ccc(N2C(=O)NC(=O)/C(=C\c3ccc4c(c3)[C@@H](C)CC(C)(C)N4C)C2=O)cc1. The molecular formula is C26H29N3O3. The summed E-state index contributed by atoms with van der Waals surface area (Å²) < 4.78 is 0. The Morgan fingerprint density at radius 1 is 1.09 bits per heavy atom. The molecule has 2 aliphatic heterocycles. The summed E-state index contributed by atoms with van der Waals surface area (Å²) in [6.45, 7) is 8.69. The Labute approximate surface area is 188 Å². The molecule has 0 aliphatic carbocycles. The lowest BCUT2D eigenvalue weighted by Gasteiger charge is -2.45. The first kappa shape index (κ1) is 21.8. The normalized spacial score (nSPS) is 21.6. The molecule has 166 valence electrons. The molecule has 0 bridgehead atoms. The predicted octanol–water partition coefficient (Wildman–Crippen LogP) is 4.64. The summed E-state index contributed by atoms with van der Waals surface area (Å²) in [7, 11) is 2.09. The van der Waals surface area contributed by atoms with E-state index in [1.807, 2.05) is 37.3 Å². The number of amides is 4. The smallest absolute Gasteiger partial charge is 0.335 e. The minimum absolute atomic E-state index is 0.0544. The van der Waals surface area contributed by atoms with E-state index in [0.717, 1.165) is 34.6 Å². The van der Waals surface area contributed by atoms with Gasteiger partial charge in [-0.15, -0.1) is 0 Å². The largest absolute Gasteiger partial charge is 0.369 e. The summed E-state index contributed by atoms with van der Waals surface area (Å²) >= 11 is 0. The maximum atomic E-state index is 13.2. The molecular weight excluding hydrogens is 402 g/mol. The first-order valence-corrected chi connectivity index (χ1v) is 11.0. The highest BCUT2D eigenvalue weighted by Crippen LogP contribution is 2.42. The van der Waals surface area contributed by atoms with Crippen molar-refractivity contribution in [1.82, 2.24) is 5.32 Å². The Balaban J connectivity index is 1.70. The Morgan fingerprint density at radius 3 is 2.44 bits per heavy atom. The number of fused-ring (bicyclic) bond motifs is 1. The average molecular weight is 432 g/mol. The molecule has 0 radical (unpaired) electrons. The fraction of sp³-hybridized carbons (Fsp3) is 0.346. The third-order valence-corrected chi connectivity index (χ3v) is 6.67. The van der Waals surface area contributed by atoms with E-state index in [4.69, 9.17) is 0 Å². The molecule has 1 atom stereocenters. The molecule has 1 fully saturated rings. The lowest BCUT2D eigenvalue weighted by atomic mass is 9.80. The van der Waals surface area contributed by atoms with Crippen molar-refractivity contribution in [1.29, 1.82) is 0 Å². The van der Waals surface area contributed by atoms with Crippen molar-refractivity contribution in [2.75, 3.05) is 16.8 Å². The van der Waals surface area contributed by atoms with E-state index in [2.05, 4.69) is 38.0 Å². The molecule has 1 N–H and O–H groups in total. The minimum Gasteiger partial charge on any atom is -0.369 e. The van der Waals surface area contributed by atoms with Crippen LogP contribution in [0.15, 0.2) is 48.0 Å². The van der Waals surface area contributed by atoms with Crippen molar-refractivity contribution in [2.24, 2.45) is 0 Å². The van der Waals surface area contributed by atoms with Crippen molar-refractivity contribution >= 4 is 35.3 Å². The lowest BCUT2D eigenvalue weighted by molar-refractivity contribution is -0.122. The molecule has 2 heterocycles. The van der Waals surface area contributed by atoms with Gasteiger partial charge in [0.1, 0.15) is 5.57 Å². The van der Waals surface area contributed by atoms with Crippen LogP contribution >= 0.6 is 0 Å². The Bertz CT molecular complexity index is 1130. The number of carbonyl (C=O) groups is 3. The predicted molar refractivity (Wildman–Crippen MR) is 127 cm³/mol. The number of hydrogen-bond donors (Lipinski definition) is 1. The number of barbiturate groups is 1. The Hall–Kier alpha value is -3.41. The van der Waals surface area contributed by atoms with Crippen molar-refractivity contribution < 1.29 is 14.4 Å². The van der Waals surface area contributed by atoms with Gasteiger partial charge in [-0.05, 0) is 79.6 Å². The van der Waals surface area contributed by atoms with E-state index in [-0.39, 0.29) is 11.1 Å². The van der Waals surface area contributed by atoms with Crippen LogP contribution < -0.4 is 15.1 Å². The van der Waals surface area contributed by atoms with Crippen LogP contribution in [0.2, 0.25) is 0 Å². The van der Waals surface area contributed by atoms with Gasteiger partial charge in [0.05, 0.1) is 5.69 Å². The average Bonchev–Trinajstić information content (AvgIpc) is 2.75. The molecule has 4 rings (SSSR count). The van der Waals surface area contributed by atoms with Gasteiger partial charge in [-0.3, -0.25) is 14.9 Å². The number of anilines is 2. The summed E-state index contributed by atoms with van der Waals surface area (Å²) in [6.07, 6.45) is 3.43. The molecule has 32 heavy (non-hydrogen) atoms. The summed E-state index contributed by atoms with van der Waals surface area (Å²) in [6, 6.07) is 12.5. The van der Waals surface area contributed by atoms with Crippen LogP contribution in [-0.4, -0.2) is 30.4 Å². The van der Waals surface area contributed by atoms with Crippen LogP contribution in [0.1, 0.15) is 56.7 Å². The second-order valence-electron chi connectivity index (χ2n) is 9.27. The number of rotatable bonds is 3. The van der Waals surface area contributed by atoms with Crippen molar-refractivity contribution in [3.8, 4) is 0 Å². The van der Waals surface area contributed by atoms with E-state index in [1.165, 1.54) is 5.56 Å². The highest BCUT2D eigenvalue weighted by atomic mass is 16.2. The Kier molecular flexibility index (Phi) is 5.41. The molecule has 2 aromatic rings. The van der Waals surface area contributed by atoms with Crippen LogP contribution in [0, 0.1) is 0 Å². The van der Waals surface area contributed by atoms with Gasteiger partial charge in [0.25, 0.3) is 11.8 Å². The van der Waals surface area contributed by atoms with Gasteiger partial charge in [0.2, 0.25) is 0 Å². The quantitative estimate of drug-likeness (QED) is 0.568. The first-order valence-electron chi connectivity index (χ1n) is 11.0. The number of aryl methyl sites for hydroxylation is 1. The van der Waals surface area contributed by atoms with E-state index in [0.29, 0.717) is 11.6 Å². The summed E-state index contributed by atoms with van der Waals surface area (Å²) in [5, 5.41) is 2.30. The molecule has 0 spiro atoms. The second-order valence-corrected chi connectivity index (χ2v) is 9.27. The van der Waals surface area contributed by atoms with Gasteiger partial charge in [-0.25, -0.2) is 9.69 Å². The number of nitrogens with zero attached hydrogens (tertiary/aromatic N) is 2. The van der Waals surface area contributed by atoms with Crippen LogP contribution in [0.4, 0.5) is 16.2 Å². The fourth-order valence-electron chi connectivity index (χ4n) is 4.62. The Morgan fingerprint density at radius 2 is 1.78 bits per heavy atom. The summed E-state index contributed by atoms with van der Waals surface area (Å²) in [5.41, 5.74) is 4.64. The molecule has 2 aromatic carbocycles. The number of imide groups is 2. The third-order valence-electron chi connectivity index (χ3n) is 6.67. The zero-order valence-electron chi connectivity index (χ0n) is 19.2. The van der Waals surface area contributed by atoms with Gasteiger partial charge < -0.3 is 4.90 Å². The monoisotopic (exact) mass is 431 g/mol. The van der Waals surface area contributed by atoms with E-state index in [9.17, 15) is 14.4 Å². The molecule has 0 saturated carbocycles. The van der Waals surface area contributed by atoms with Crippen molar-refractivity contribution in [3.63, 3.8) is 0 Å². The molecule has 6 nitrogen and oxygen atoms in total. The third kappa shape index (κ3) is 3.70. The van der Waals surface area contributed by atoms with Gasteiger partial charge in [-0.1, -0.05) is 32.0 Å². The van der Waals surface area contributed by atoms with Crippen molar-refractivity contribution in [3.05, 3.63) is 64.7 Å². The molecule has 1 saturated heterocycles. The van der Waals surface area contributed by atoms with Gasteiger partial charge in [0.15, 0.2) is 0 Å². The highest BCUT2D eigenvalue weighted by molar-refractivity contribution is 6.39. The number of benzene rings is 2. The lowest BCUT2D eigenvalue weighted by Crippen LogP contribution is -2.54. The summed E-state index contributed by atoms with van der Waals surface area (Å²) in [5.74, 6) is -0.946. The first-order chi connectivity index (χ1) is 15.1. The molecule has 2 aliphatic rings.